The summed E-state index contributed by atoms with van der Waals surface area (Å²) in [6.07, 6.45) is 0.306. The average Bonchev–Trinajstić information content (AvgIpc) is 3.02. The molecule has 5 heteroatoms. The molecule has 2 aromatic rings. The maximum atomic E-state index is 11.0. The molecule has 2 atom stereocenters. The molecule has 1 aromatic carbocycles. The van der Waals surface area contributed by atoms with Crippen molar-refractivity contribution in [3.8, 4) is 0 Å². The van der Waals surface area contributed by atoms with Gasteiger partial charge in [0.05, 0.1) is 11.0 Å². The van der Waals surface area contributed by atoms with Crippen LogP contribution in [0.25, 0.3) is 11.0 Å². The predicted molar refractivity (Wildman–Crippen MR) is 74.6 cm³/mol. The van der Waals surface area contributed by atoms with Crippen LogP contribution in [0.1, 0.15) is 44.7 Å². The molecule has 106 valence electrons. The fraction of sp³-hybridized carbons (Fsp3) is 0.467. The number of imidazole rings is 1. The fourth-order valence-corrected chi connectivity index (χ4v) is 2.84. The molecule has 1 aliphatic heterocycles. The fourth-order valence-electron chi connectivity index (χ4n) is 2.84. The van der Waals surface area contributed by atoms with Gasteiger partial charge >= 0.3 is 5.97 Å². The highest BCUT2D eigenvalue weighted by molar-refractivity contribution is 5.76. The van der Waals surface area contributed by atoms with E-state index in [0.29, 0.717) is 12.8 Å². The molecule has 5 nitrogen and oxygen atoms in total. The zero-order chi connectivity index (χ0) is 14.3. The first-order valence-electron chi connectivity index (χ1n) is 6.93. The minimum Gasteiger partial charge on any atom is -0.479 e. The Hall–Kier alpha value is -1.88. The van der Waals surface area contributed by atoms with E-state index >= 15 is 0 Å². The molecule has 2 heterocycles. The predicted octanol–water partition coefficient (Wildman–Crippen LogP) is 2.92. The number of aliphatic carboxylic acids is 1. The van der Waals surface area contributed by atoms with Gasteiger partial charge in [0.25, 0.3) is 0 Å². The number of carboxylic acids is 1. The minimum atomic E-state index is -0.889. The van der Waals surface area contributed by atoms with Gasteiger partial charge in [-0.25, -0.2) is 9.78 Å². The maximum Gasteiger partial charge on any atom is 0.332 e. The van der Waals surface area contributed by atoms with E-state index in [-0.39, 0.29) is 12.1 Å². The first kappa shape index (κ1) is 13.1. The molecule has 0 spiro atoms. The van der Waals surface area contributed by atoms with Gasteiger partial charge in [0.2, 0.25) is 0 Å². The number of hydrogen-bond acceptors (Lipinski definition) is 3. The third kappa shape index (κ3) is 2.08. The highest BCUT2D eigenvalue weighted by Crippen LogP contribution is 2.35. The molecule has 2 unspecified atom stereocenters. The number of benzene rings is 1. The molecule has 1 aromatic heterocycles. The Morgan fingerprint density at radius 3 is 2.80 bits per heavy atom. The summed E-state index contributed by atoms with van der Waals surface area (Å²) in [5, 5.41) is 9.04. The van der Waals surface area contributed by atoms with E-state index in [1.165, 1.54) is 0 Å². The number of nitrogens with zero attached hydrogens (tertiary/aromatic N) is 2. The number of fused-ring (bicyclic) bond motifs is 1. The van der Waals surface area contributed by atoms with E-state index in [1.54, 1.807) is 0 Å². The van der Waals surface area contributed by atoms with Crippen molar-refractivity contribution >= 4 is 17.0 Å². The first-order chi connectivity index (χ1) is 9.58. The molecule has 0 bridgehead atoms. The summed E-state index contributed by atoms with van der Waals surface area (Å²) in [4.78, 5) is 15.7. The van der Waals surface area contributed by atoms with Crippen LogP contribution in [0.15, 0.2) is 24.3 Å². The number of hydrogen-bond donors (Lipinski definition) is 1. The van der Waals surface area contributed by atoms with Gasteiger partial charge in [-0.1, -0.05) is 12.1 Å². The van der Waals surface area contributed by atoms with Crippen molar-refractivity contribution in [1.29, 1.82) is 0 Å². The zero-order valence-corrected chi connectivity index (χ0v) is 11.6. The second kappa shape index (κ2) is 4.90. The van der Waals surface area contributed by atoms with Crippen LogP contribution in [0, 0.1) is 0 Å². The van der Waals surface area contributed by atoms with Crippen molar-refractivity contribution in [3.63, 3.8) is 0 Å². The van der Waals surface area contributed by atoms with Crippen molar-refractivity contribution in [2.45, 2.75) is 44.9 Å². The Morgan fingerprint density at radius 1 is 1.40 bits per heavy atom. The van der Waals surface area contributed by atoms with Gasteiger partial charge in [-0.05, 0) is 38.8 Å². The number of carbonyl (C=O) groups is 1. The van der Waals surface area contributed by atoms with Crippen LogP contribution in [-0.2, 0) is 9.53 Å². The number of aromatic nitrogens is 2. The lowest BCUT2D eigenvalue weighted by Gasteiger charge is -2.17. The standard InChI is InChI=1S/C15H18N2O3/c1-9(2)17-11-6-4-3-5-10(11)16-14(17)12-7-8-13(20-12)15(18)19/h3-6,9,12-13H,7-8H2,1-2H3,(H,18,19). The Balaban J connectivity index is 2.03. The number of rotatable bonds is 3. The van der Waals surface area contributed by atoms with E-state index in [1.807, 2.05) is 24.3 Å². The summed E-state index contributed by atoms with van der Waals surface area (Å²) in [6.45, 7) is 4.20. The lowest BCUT2D eigenvalue weighted by molar-refractivity contribution is -0.149. The van der Waals surface area contributed by atoms with Crippen molar-refractivity contribution in [1.82, 2.24) is 9.55 Å². The molecule has 20 heavy (non-hydrogen) atoms. The Bertz CT molecular complexity index is 648. The number of ether oxygens (including phenoxy) is 1. The molecule has 0 aliphatic carbocycles. The van der Waals surface area contributed by atoms with Gasteiger partial charge in [0.15, 0.2) is 6.10 Å². The smallest absolute Gasteiger partial charge is 0.332 e. The minimum absolute atomic E-state index is 0.231. The van der Waals surface area contributed by atoms with E-state index in [9.17, 15) is 4.79 Å². The monoisotopic (exact) mass is 274 g/mol. The van der Waals surface area contributed by atoms with Crippen LogP contribution in [0.5, 0.6) is 0 Å². The van der Waals surface area contributed by atoms with E-state index in [0.717, 1.165) is 16.9 Å². The van der Waals surface area contributed by atoms with Crippen LogP contribution in [0.2, 0.25) is 0 Å². The average molecular weight is 274 g/mol. The summed E-state index contributed by atoms with van der Waals surface area (Å²) in [7, 11) is 0. The van der Waals surface area contributed by atoms with Crippen molar-refractivity contribution in [2.75, 3.05) is 0 Å². The quantitative estimate of drug-likeness (QED) is 0.934. The molecule has 1 fully saturated rings. The van der Waals surface area contributed by atoms with Crippen molar-refractivity contribution in [3.05, 3.63) is 30.1 Å². The first-order valence-corrected chi connectivity index (χ1v) is 6.93. The van der Waals surface area contributed by atoms with E-state index < -0.39 is 12.1 Å². The van der Waals surface area contributed by atoms with E-state index in [4.69, 9.17) is 9.84 Å². The summed E-state index contributed by atoms with van der Waals surface area (Å²) >= 11 is 0. The Kier molecular flexibility index (Phi) is 3.22. The Labute approximate surface area is 117 Å². The van der Waals surface area contributed by atoms with E-state index in [2.05, 4.69) is 23.4 Å². The second-order valence-corrected chi connectivity index (χ2v) is 5.45. The van der Waals surface area contributed by atoms with Crippen LogP contribution >= 0.6 is 0 Å². The van der Waals surface area contributed by atoms with Crippen LogP contribution in [0.4, 0.5) is 0 Å². The Morgan fingerprint density at radius 2 is 2.15 bits per heavy atom. The molecule has 3 rings (SSSR count). The van der Waals surface area contributed by atoms with Crippen LogP contribution in [0.3, 0.4) is 0 Å². The molecule has 0 radical (unpaired) electrons. The number of carboxylic acid groups (broad SMARTS) is 1. The maximum absolute atomic E-state index is 11.0. The molecular weight excluding hydrogens is 256 g/mol. The molecular formula is C15H18N2O3. The second-order valence-electron chi connectivity index (χ2n) is 5.45. The third-order valence-electron chi connectivity index (χ3n) is 3.72. The molecule has 1 aliphatic rings. The van der Waals surface area contributed by atoms with Crippen LogP contribution in [-0.4, -0.2) is 26.7 Å². The van der Waals surface area contributed by atoms with Gasteiger partial charge in [-0.2, -0.15) is 0 Å². The summed E-state index contributed by atoms with van der Waals surface area (Å²) in [5.41, 5.74) is 2.00. The topological polar surface area (TPSA) is 64.4 Å². The molecule has 0 amide bonds. The lowest BCUT2D eigenvalue weighted by atomic mass is 10.2. The highest BCUT2D eigenvalue weighted by atomic mass is 16.5. The van der Waals surface area contributed by atoms with Gasteiger partial charge < -0.3 is 14.4 Å². The van der Waals surface area contributed by atoms with Gasteiger partial charge in [-0.3, -0.25) is 0 Å². The summed E-state index contributed by atoms with van der Waals surface area (Å²) < 4.78 is 7.79. The van der Waals surface area contributed by atoms with Gasteiger partial charge in [0, 0.05) is 6.04 Å². The largest absolute Gasteiger partial charge is 0.479 e. The van der Waals surface area contributed by atoms with Crippen LogP contribution < -0.4 is 0 Å². The summed E-state index contributed by atoms with van der Waals surface area (Å²) in [6, 6.07) is 8.21. The van der Waals surface area contributed by atoms with Gasteiger partial charge in [0.1, 0.15) is 11.9 Å². The summed E-state index contributed by atoms with van der Waals surface area (Å²) in [5.74, 6) is -0.0512. The number of para-hydroxylation sites is 2. The highest BCUT2D eigenvalue weighted by Gasteiger charge is 2.34. The van der Waals surface area contributed by atoms with Crippen molar-refractivity contribution in [2.24, 2.45) is 0 Å². The van der Waals surface area contributed by atoms with Gasteiger partial charge in [-0.15, -0.1) is 0 Å². The normalized spacial score (nSPS) is 22.8. The SMILES string of the molecule is CC(C)n1c(C2CCC(C(=O)O)O2)nc2ccccc21. The zero-order valence-electron chi connectivity index (χ0n) is 11.6. The molecule has 0 saturated carbocycles. The lowest BCUT2D eigenvalue weighted by Crippen LogP contribution is -2.19. The molecule has 1 N–H and O–H groups in total. The van der Waals surface area contributed by atoms with Crippen molar-refractivity contribution < 1.29 is 14.6 Å². The third-order valence-corrected chi connectivity index (χ3v) is 3.72. The molecule has 1 saturated heterocycles.